The number of nitrogens with zero attached hydrogens (tertiary/aromatic N) is 1. The highest BCUT2D eigenvalue weighted by atomic mass is 19.1. The maximum absolute atomic E-state index is 13.8. The first-order valence-electron chi connectivity index (χ1n) is 6.55. The molecule has 1 N–H and O–H groups in total. The third kappa shape index (κ3) is 2.60. The Hall–Kier alpha value is -2.75. The Bertz CT molecular complexity index is 825. The predicted octanol–water partition coefficient (Wildman–Crippen LogP) is 3.93. The summed E-state index contributed by atoms with van der Waals surface area (Å²) in [5.41, 5.74) is 1.49. The molecule has 0 spiro atoms. The SMILES string of the molecule is Cc1ccc(F)c(C(=O)Nc2cccc3ccncc23)c1. The minimum atomic E-state index is -0.531. The van der Waals surface area contributed by atoms with Crippen LogP contribution in [0.25, 0.3) is 10.8 Å². The largest absolute Gasteiger partial charge is 0.321 e. The summed E-state index contributed by atoms with van der Waals surface area (Å²) in [6.45, 7) is 1.82. The normalized spacial score (nSPS) is 10.6. The zero-order valence-corrected chi connectivity index (χ0v) is 11.4. The van der Waals surface area contributed by atoms with E-state index in [4.69, 9.17) is 0 Å². The van der Waals surface area contributed by atoms with Gasteiger partial charge in [0.25, 0.3) is 5.91 Å². The van der Waals surface area contributed by atoms with Gasteiger partial charge in [0.05, 0.1) is 11.3 Å². The van der Waals surface area contributed by atoms with E-state index in [1.54, 1.807) is 24.5 Å². The molecule has 1 heterocycles. The summed E-state index contributed by atoms with van der Waals surface area (Å²) in [4.78, 5) is 16.3. The van der Waals surface area contributed by atoms with E-state index in [2.05, 4.69) is 10.3 Å². The molecule has 1 aromatic heterocycles. The van der Waals surface area contributed by atoms with E-state index in [9.17, 15) is 9.18 Å². The highest BCUT2D eigenvalue weighted by Gasteiger charge is 2.13. The number of aryl methyl sites for hydroxylation is 1. The van der Waals surface area contributed by atoms with Crippen LogP contribution >= 0.6 is 0 Å². The molecule has 0 unspecified atom stereocenters. The Morgan fingerprint density at radius 1 is 1.19 bits per heavy atom. The molecule has 104 valence electrons. The Labute approximate surface area is 121 Å². The predicted molar refractivity (Wildman–Crippen MR) is 80.8 cm³/mol. The van der Waals surface area contributed by atoms with Crippen LogP contribution in [-0.2, 0) is 0 Å². The smallest absolute Gasteiger partial charge is 0.258 e. The number of amides is 1. The van der Waals surface area contributed by atoms with Crippen molar-refractivity contribution in [3.05, 3.63) is 71.8 Å². The second kappa shape index (κ2) is 5.32. The van der Waals surface area contributed by atoms with Gasteiger partial charge in [-0.1, -0.05) is 23.8 Å². The van der Waals surface area contributed by atoms with Crippen LogP contribution in [0.1, 0.15) is 15.9 Å². The first kappa shape index (κ1) is 13.2. The molecule has 3 aromatic rings. The van der Waals surface area contributed by atoms with Crippen molar-refractivity contribution in [2.24, 2.45) is 0 Å². The molecule has 0 saturated carbocycles. The number of halogens is 1. The molecule has 1 amide bonds. The molecule has 0 atom stereocenters. The van der Waals surface area contributed by atoms with E-state index >= 15 is 0 Å². The van der Waals surface area contributed by atoms with Crippen LogP contribution in [0.5, 0.6) is 0 Å². The van der Waals surface area contributed by atoms with Crippen LogP contribution in [-0.4, -0.2) is 10.9 Å². The average Bonchev–Trinajstić information content (AvgIpc) is 2.50. The molecular formula is C17H13FN2O. The molecule has 3 nitrogen and oxygen atoms in total. The fourth-order valence-electron chi connectivity index (χ4n) is 2.23. The number of carbonyl (C=O) groups excluding carboxylic acids is 1. The van der Waals surface area contributed by atoms with Gasteiger partial charge in [0.15, 0.2) is 0 Å². The van der Waals surface area contributed by atoms with Gasteiger partial charge in [0, 0.05) is 17.8 Å². The molecule has 0 saturated heterocycles. The number of fused-ring (bicyclic) bond motifs is 1. The number of nitrogens with one attached hydrogen (secondary N) is 1. The zero-order valence-electron chi connectivity index (χ0n) is 11.4. The van der Waals surface area contributed by atoms with E-state index in [0.717, 1.165) is 16.3 Å². The van der Waals surface area contributed by atoms with Crippen LogP contribution < -0.4 is 5.32 Å². The van der Waals surface area contributed by atoms with Crippen LogP contribution in [0.15, 0.2) is 54.9 Å². The van der Waals surface area contributed by atoms with E-state index in [-0.39, 0.29) is 5.56 Å². The molecule has 0 aliphatic carbocycles. The quantitative estimate of drug-likeness (QED) is 0.772. The second-order valence-electron chi connectivity index (χ2n) is 4.84. The number of rotatable bonds is 2. The molecular weight excluding hydrogens is 267 g/mol. The van der Waals surface area contributed by atoms with Gasteiger partial charge in [0.2, 0.25) is 0 Å². The average molecular weight is 280 g/mol. The molecule has 0 aliphatic heterocycles. The van der Waals surface area contributed by atoms with Crippen LogP contribution in [0.3, 0.4) is 0 Å². The van der Waals surface area contributed by atoms with Gasteiger partial charge in [-0.25, -0.2) is 4.39 Å². The van der Waals surface area contributed by atoms with Gasteiger partial charge in [-0.2, -0.15) is 0 Å². The van der Waals surface area contributed by atoms with Gasteiger partial charge in [0.1, 0.15) is 5.82 Å². The lowest BCUT2D eigenvalue weighted by Gasteiger charge is -2.09. The summed E-state index contributed by atoms with van der Waals surface area (Å²) in [6.07, 6.45) is 3.37. The molecule has 21 heavy (non-hydrogen) atoms. The Balaban J connectivity index is 1.99. The monoisotopic (exact) mass is 280 g/mol. The number of hydrogen-bond donors (Lipinski definition) is 1. The summed E-state index contributed by atoms with van der Waals surface area (Å²) in [5, 5.41) is 4.54. The number of aromatic nitrogens is 1. The van der Waals surface area contributed by atoms with Crippen molar-refractivity contribution >= 4 is 22.4 Å². The number of hydrogen-bond acceptors (Lipinski definition) is 2. The third-order valence-corrected chi connectivity index (χ3v) is 3.30. The van der Waals surface area contributed by atoms with Gasteiger partial charge < -0.3 is 5.32 Å². The number of benzene rings is 2. The van der Waals surface area contributed by atoms with Crippen molar-refractivity contribution in [1.29, 1.82) is 0 Å². The van der Waals surface area contributed by atoms with E-state index in [1.165, 1.54) is 12.1 Å². The molecule has 2 aromatic carbocycles. The lowest BCUT2D eigenvalue weighted by molar-refractivity contribution is 0.102. The van der Waals surface area contributed by atoms with E-state index in [1.807, 2.05) is 25.1 Å². The third-order valence-electron chi connectivity index (χ3n) is 3.30. The van der Waals surface area contributed by atoms with Crippen molar-refractivity contribution in [1.82, 2.24) is 4.98 Å². The topological polar surface area (TPSA) is 42.0 Å². The first-order chi connectivity index (χ1) is 10.1. The number of carbonyl (C=O) groups is 1. The van der Waals surface area contributed by atoms with Gasteiger partial charge in [-0.3, -0.25) is 9.78 Å². The van der Waals surface area contributed by atoms with Crippen molar-refractivity contribution in [3.63, 3.8) is 0 Å². The molecule has 4 heteroatoms. The van der Waals surface area contributed by atoms with Crippen LogP contribution in [0.4, 0.5) is 10.1 Å². The maximum Gasteiger partial charge on any atom is 0.258 e. The number of anilines is 1. The molecule has 3 rings (SSSR count). The summed E-state index contributed by atoms with van der Waals surface area (Å²) in [7, 11) is 0. The maximum atomic E-state index is 13.8. The number of pyridine rings is 1. The summed E-state index contributed by atoms with van der Waals surface area (Å²) >= 11 is 0. The lowest BCUT2D eigenvalue weighted by Crippen LogP contribution is -2.14. The lowest BCUT2D eigenvalue weighted by atomic mass is 10.1. The Morgan fingerprint density at radius 2 is 2.05 bits per heavy atom. The summed E-state index contributed by atoms with van der Waals surface area (Å²) in [6, 6.07) is 11.9. The standard InChI is InChI=1S/C17H13FN2O/c1-11-5-6-15(18)13(9-11)17(21)20-16-4-2-3-12-7-8-19-10-14(12)16/h2-10H,1H3,(H,20,21). The molecule has 0 bridgehead atoms. The fourth-order valence-corrected chi connectivity index (χ4v) is 2.23. The van der Waals surface area contributed by atoms with Crippen LogP contribution in [0.2, 0.25) is 0 Å². The molecule has 0 aliphatic rings. The highest BCUT2D eigenvalue weighted by Crippen LogP contribution is 2.23. The van der Waals surface area contributed by atoms with Crippen molar-refractivity contribution in [3.8, 4) is 0 Å². The van der Waals surface area contributed by atoms with Gasteiger partial charge in [-0.15, -0.1) is 0 Å². The summed E-state index contributed by atoms with van der Waals surface area (Å²) < 4.78 is 13.8. The fraction of sp³-hybridized carbons (Fsp3) is 0.0588. The Morgan fingerprint density at radius 3 is 2.90 bits per heavy atom. The molecule has 0 fully saturated rings. The minimum absolute atomic E-state index is 0.0379. The van der Waals surface area contributed by atoms with Crippen molar-refractivity contribution < 1.29 is 9.18 Å². The molecule has 0 radical (unpaired) electrons. The second-order valence-corrected chi connectivity index (χ2v) is 4.84. The van der Waals surface area contributed by atoms with E-state index in [0.29, 0.717) is 5.69 Å². The minimum Gasteiger partial charge on any atom is -0.321 e. The van der Waals surface area contributed by atoms with Crippen LogP contribution in [0, 0.1) is 12.7 Å². The first-order valence-corrected chi connectivity index (χ1v) is 6.55. The van der Waals surface area contributed by atoms with E-state index < -0.39 is 11.7 Å². The highest BCUT2D eigenvalue weighted by molar-refractivity contribution is 6.09. The van der Waals surface area contributed by atoms with Crippen molar-refractivity contribution in [2.75, 3.05) is 5.32 Å². The van der Waals surface area contributed by atoms with Gasteiger partial charge in [-0.05, 0) is 36.6 Å². The van der Waals surface area contributed by atoms with Crippen molar-refractivity contribution in [2.45, 2.75) is 6.92 Å². The zero-order chi connectivity index (χ0) is 14.8. The van der Waals surface area contributed by atoms with Gasteiger partial charge >= 0.3 is 0 Å². The summed E-state index contributed by atoms with van der Waals surface area (Å²) in [5.74, 6) is -0.996. The Kier molecular flexibility index (Phi) is 3.36.